The Bertz CT molecular complexity index is 933. The molecule has 0 bridgehead atoms. The van der Waals surface area contributed by atoms with E-state index in [2.05, 4.69) is 15.5 Å². The largest absolute Gasteiger partial charge is 0.417 e. The Morgan fingerprint density at radius 3 is 2.59 bits per heavy atom. The van der Waals surface area contributed by atoms with Gasteiger partial charge in [0.2, 0.25) is 11.0 Å². The van der Waals surface area contributed by atoms with Gasteiger partial charge in [0.05, 0.1) is 23.5 Å². The zero-order chi connectivity index (χ0) is 23.1. The van der Waals surface area contributed by atoms with Gasteiger partial charge in [-0.1, -0.05) is 35.2 Å². The van der Waals surface area contributed by atoms with Gasteiger partial charge in [-0.15, -0.1) is 10.2 Å². The SMILES string of the molecule is COCCNC(=O)CSc1nnc(N2CCN(C(=O)c3ccccc3C(F)(F)F)CC2)s1. The number of rotatable bonds is 8. The lowest BCUT2D eigenvalue weighted by Gasteiger charge is -2.34. The molecular formula is C19H22F3N5O3S2. The van der Waals surface area contributed by atoms with Gasteiger partial charge in [-0.2, -0.15) is 13.2 Å². The smallest absolute Gasteiger partial charge is 0.383 e. The fraction of sp³-hybridized carbons (Fsp3) is 0.474. The summed E-state index contributed by atoms with van der Waals surface area (Å²) in [4.78, 5) is 27.8. The topological polar surface area (TPSA) is 87.7 Å². The standard InChI is InChI=1S/C19H22F3N5O3S2/c1-30-11-6-23-15(28)12-31-18-25-24-17(32-18)27-9-7-26(8-10-27)16(29)13-4-2-3-5-14(13)19(20,21)22/h2-5H,6-12H2,1H3,(H,23,28). The predicted molar refractivity (Wildman–Crippen MR) is 115 cm³/mol. The average molecular weight is 490 g/mol. The van der Waals surface area contributed by atoms with Crippen molar-refractivity contribution in [3.8, 4) is 0 Å². The second-order valence-electron chi connectivity index (χ2n) is 6.80. The highest BCUT2D eigenvalue weighted by Gasteiger charge is 2.36. The van der Waals surface area contributed by atoms with Crippen molar-refractivity contribution < 1.29 is 27.5 Å². The van der Waals surface area contributed by atoms with E-state index in [-0.39, 0.29) is 30.3 Å². The molecule has 0 unspecified atom stereocenters. The van der Waals surface area contributed by atoms with Gasteiger partial charge in [0.15, 0.2) is 4.34 Å². The molecule has 1 aliphatic heterocycles. The van der Waals surface area contributed by atoms with Crippen molar-refractivity contribution in [2.45, 2.75) is 10.5 Å². The number of methoxy groups -OCH3 is 1. The van der Waals surface area contributed by atoms with Gasteiger partial charge in [0.25, 0.3) is 5.91 Å². The molecule has 1 fully saturated rings. The van der Waals surface area contributed by atoms with Crippen molar-refractivity contribution in [1.29, 1.82) is 0 Å². The zero-order valence-corrected chi connectivity index (χ0v) is 18.9. The highest BCUT2D eigenvalue weighted by molar-refractivity contribution is 8.01. The number of thioether (sulfide) groups is 1. The molecule has 3 rings (SSSR count). The number of carbonyl (C=O) groups is 2. The van der Waals surface area contributed by atoms with Crippen LogP contribution in [0.15, 0.2) is 28.6 Å². The maximum atomic E-state index is 13.2. The monoisotopic (exact) mass is 489 g/mol. The Labute approximate surface area is 191 Å². The minimum atomic E-state index is -4.59. The quantitative estimate of drug-likeness (QED) is 0.450. The number of nitrogens with one attached hydrogen (secondary N) is 1. The van der Waals surface area contributed by atoms with Gasteiger partial charge in [-0.25, -0.2) is 0 Å². The number of hydrogen-bond donors (Lipinski definition) is 1. The molecule has 2 amide bonds. The van der Waals surface area contributed by atoms with Gasteiger partial charge >= 0.3 is 6.18 Å². The first kappa shape index (κ1) is 24.3. The molecule has 1 N–H and O–H groups in total. The van der Waals surface area contributed by atoms with Crippen LogP contribution in [0.25, 0.3) is 0 Å². The number of anilines is 1. The molecule has 0 aliphatic carbocycles. The number of hydrogen-bond acceptors (Lipinski definition) is 8. The number of alkyl halides is 3. The Morgan fingerprint density at radius 1 is 1.19 bits per heavy atom. The Hall–Kier alpha value is -2.38. The van der Waals surface area contributed by atoms with Crippen LogP contribution in [0.1, 0.15) is 15.9 Å². The van der Waals surface area contributed by atoms with Gasteiger partial charge < -0.3 is 19.9 Å². The molecule has 0 radical (unpaired) electrons. The van der Waals surface area contributed by atoms with E-state index in [1.807, 2.05) is 4.90 Å². The summed E-state index contributed by atoms with van der Waals surface area (Å²) in [7, 11) is 1.56. The minimum absolute atomic E-state index is 0.130. The maximum Gasteiger partial charge on any atom is 0.417 e. The van der Waals surface area contributed by atoms with Crippen LogP contribution in [0.3, 0.4) is 0 Å². The van der Waals surface area contributed by atoms with E-state index < -0.39 is 17.6 Å². The molecule has 2 heterocycles. The van der Waals surface area contributed by atoms with E-state index in [9.17, 15) is 22.8 Å². The number of piperazine rings is 1. The molecule has 0 saturated carbocycles. The second-order valence-corrected chi connectivity index (χ2v) is 8.98. The molecule has 1 aromatic carbocycles. The summed E-state index contributed by atoms with van der Waals surface area (Å²) in [6.45, 7) is 2.28. The van der Waals surface area contributed by atoms with Gasteiger partial charge in [-0.05, 0) is 12.1 Å². The van der Waals surface area contributed by atoms with Crippen LogP contribution < -0.4 is 10.2 Å². The summed E-state index contributed by atoms with van der Waals surface area (Å²) < 4.78 is 45.2. The van der Waals surface area contributed by atoms with E-state index in [0.717, 1.165) is 6.07 Å². The summed E-state index contributed by atoms with van der Waals surface area (Å²) in [5.41, 5.74) is -1.27. The van der Waals surface area contributed by atoms with Crippen molar-refractivity contribution in [3.63, 3.8) is 0 Å². The van der Waals surface area contributed by atoms with Gasteiger partial charge in [-0.3, -0.25) is 9.59 Å². The number of benzene rings is 1. The molecule has 8 nitrogen and oxygen atoms in total. The molecule has 1 aliphatic rings. The summed E-state index contributed by atoms with van der Waals surface area (Å²) in [5, 5.41) is 11.6. The van der Waals surface area contributed by atoms with Crippen molar-refractivity contribution in [3.05, 3.63) is 35.4 Å². The van der Waals surface area contributed by atoms with Crippen LogP contribution in [-0.2, 0) is 15.7 Å². The summed E-state index contributed by atoms with van der Waals surface area (Å²) >= 11 is 2.60. The van der Waals surface area contributed by atoms with Crippen LogP contribution >= 0.6 is 23.1 Å². The molecule has 0 atom stereocenters. The number of ether oxygens (including phenoxy) is 1. The van der Waals surface area contributed by atoms with Crippen LogP contribution in [-0.4, -0.2) is 79.1 Å². The third-order valence-corrected chi connectivity index (χ3v) is 6.77. The lowest BCUT2D eigenvalue weighted by atomic mass is 10.1. The van der Waals surface area contributed by atoms with Gasteiger partial charge in [0.1, 0.15) is 0 Å². The highest BCUT2D eigenvalue weighted by Crippen LogP contribution is 2.33. The van der Waals surface area contributed by atoms with Crippen molar-refractivity contribution >= 4 is 40.0 Å². The lowest BCUT2D eigenvalue weighted by molar-refractivity contribution is -0.138. The number of halogens is 3. The van der Waals surface area contributed by atoms with Crippen molar-refractivity contribution in [2.24, 2.45) is 0 Å². The normalized spacial score (nSPS) is 14.5. The van der Waals surface area contributed by atoms with E-state index in [1.54, 1.807) is 7.11 Å². The second kappa shape index (κ2) is 11.0. The van der Waals surface area contributed by atoms with Gasteiger partial charge in [0, 0.05) is 39.8 Å². The Morgan fingerprint density at radius 2 is 1.91 bits per heavy atom. The summed E-state index contributed by atoms with van der Waals surface area (Å²) in [6, 6.07) is 4.82. The van der Waals surface area contributed by atoms with E-state index >= 15 is 0 Å². The average Bonchev–Trinajstić information content (AvgIpc) is 3.26. The maximum absolute atomic E-state index is 13.2. The van der Waals surface area contributed by atoms with Crippen LogP contribution in [0.2, 0.25) is 0 Å². The molecule has 174 valence electrons. The fourth-order valence-corrected chi connectivity index (χ4v) is 4.77. The summed E-state index contributed by atoms with van der Waals surface area (Å²) in [6.07, 6.45) is -4.59. The first-order valence-electron chi connectivity index (χ1n) is 9.72. The van der Waals surface area contributed by atoms with Crippen molar-refractivity contribution in [1.82, 2.24) is 20.4 Å². The zero-order valence-electron chi connectivity index (χ0n) is 17.2. The highest BCUT2D eigenvalue weighted by atomic mass is 32.2. The lowest BCUT2D eigenvalue weighted by Crippen LogP contribution is -2.49. The van der Waals surface area contributed by atoms with Crippen LogP contribution in [0.4, 0.5) is 18.3 Å². The van der Waals surface area contributed by atoms with E-state index in [1.165, 1.54) is 46.2 Å². The molecule has 1 saturated heterocycles. The number of amides is 2. The van der Waals surface area contributed by atoms with E-state index in [4.69, 9.17) is 4.74 Å². The van der Waals surface area contributed by atoms with E-state index in [0.29, 0.717) is 35.7 Å². The Kier molecular flexibility index (Phi) is 8.32. The number of aromatic nitrogens is 2. The molecule has 32 heavy (non-hydrogen) atoms. The predicted octanol–water partition coefficient (Wildman–Crippen LogP) is 2.37. The Balaban J connectivity index is 1.52. The third kappa shape index (κ3) is 6.33. The first-order chi connectivity index (χ1) is 15.3. The van der Waals surface area contributed by atoms with Crippen molar-refractivity contribution in [2.75, 3.05) is 57.1 Å². The minimum Gasteiger partial charge on any atom is -0.383 e. The summed E-state index contributed by atoms with van der Waals surface area (Å²) in [5.74, 6) is -0.556. The number of carbonyl (C=O) groups excluding carboxylic acids is 2. The first-order valence-corrected chi connectivity index (χ1v) is 11.5. The molecular weight excluding hydrogens is 467 g/mol. The molecule has 1 aromatic heterocycles. The molecule has 13 heteroatoms. The van der Waals surface area contributed by atoms with Crippen LogP contribution in [0, 0.1) is 0 Å². The fourth-order valence-electron chi connectivity index (χ4n) is 3.05. The third-order valence-electron chi connectivity index (χ3n) is 4.65. The molecule has 2 aromatic rings. The molecule has 0 spiro atoms. The number of nitrogens with zero attached hydrogens (tertiary/aromatic N) is 4. The van der Waals surface area contributed by atoms with Crippen LogP contribution in [0.5, 0.6) is 0 Å².